The molecule has 1 saturated heterocycles. The van der Waals surface area contributed by atoms with Crippen LogP contribution in [-0.2, 0) is 29.4 Å². The lowest BCUT2D eigenvalue weighted by Crippen LogP contribution is -2.48. The average Bonchev–Trinajstić information content (AvgIpc) is 2.75. The van der Waals surface area contributed by atoms with Crippen molar-refractivity contribution in [2.75, 3.05) is 26.4 Å². The molecule has 2 heterocycles. The van der Waals surface area contributed by atoms with E-state index in [2.05, 4.69) is 24.3 Å². The Morgan fingerprint density at radius 3 is 2.80 bits per heavy atom. The number of hydrogen-bond donors (Lipinski definition) is 1. The van der Waals surface area contributed by atoms with Gasteiger partial charge >= 0.3 is 0 Å². The third kappa shape index (κ3) is 3.52. The van der Waals surface area contributed by atoms with Crippen molar-refractivity contribution in [1.82, 2.24) is 15.1 Å². The Morgan fingerprint density at radius 1 is 1.45 bits per heavy atom. The van der Waals surface area contributed by atoms with E-state index >= 15 is 0 Å². The summed E-state index contributed by atoms with van der Waals surface area (Å²) >= 11 is 6.43. The predicted molar refractivity (Wildman–Crippen MR) is 79.3 cm³/mol. The van der Waals surface area contributed by atoms with Crippen molar-refractivity contribution in [2.45, 2.75) is 38.8 Å². The Hall–Kier alpha value is -0.620. The number of aryl methyl sites for hydroxylation is 2. The number of halogens is 1. The van der Waals surface area contributed by atoms with E-state index in [4.69, 9.17) is 21.1 Å². The van der Waals surface area contributed by atoms with E-state index in [-0.39, 0.29) is 12.1 Å². The Morgan fingerprint density at radius 2 is 2.25 bits per heavy atom. The number of likely N-dealkylation sites (N-methyl/N-ethyl adjacent to an activating group) is 1. The molecular formula is C14H24ClN3O2. The largest absolute Gasteiger partial charge is 0.376 e. The maximum atomic E-state index is 6.43. The van der Waals surface area contributed by atoms with Crippen LogP contribution in [0.15, 0.2) is 0 Å². The fourth-order valence-electron chi connectivity index (χ4n) is 2.59. The first-order chi connectivity index (χ1) is 9.67. The maximum Gasteiger partial charge on any atom is 0.0965 e. The van der Waals surface area contributed by atoms with Crippen LogP contribution >= 0.6 is 11.6 Å². The third-order valence-corrected chi connectivity index (χ3v) is 4.11. The van der Waals surface area contributed by atoms with Crippen LogP contribution in [0.25, 0.3) is 0 Å². The summed E-state index contributed by atoms with van der Waals surface area (Å²) in [5, 5.41) is 8.74. The molecular weight excluding hydrogens is 278 g/mol. The molecule has 0 amide bonds. The van der Waals surface area contributed by atoms with Gasteiger partial charge in [-0.1, -0.05) is 25.4 Å². The monoisotopic (exact) mass is 301 g/mol. The van der Waals surface area contributed by atoms with Gasteiger partial charge in [-0.2, -0.15) is 5.10 Å². The average molecular weight is 302 g/mol. The van der Waals surface area contributed by atoms with Crippen LogP contribution in [0.1, 0.15) is 25.2 Å². The molecule has 1 aliphatic rings. The minimum absolute atomic E-state index is 0.0692. The second-order valence-electron chi connectivity index (χ2n) is 5.04. The lowest BCUT2D eigenvalue weighted by atomic mass is 10.0. The van der Waals surface area contributed by atoms with Gasteiger partial charge in [0.25, 0.3) is 0 Å². The minimum Gasteiger partial charge on any atom is -0.376 e. The first kappa shape index (κ1) is 15.8. The van der Waals surface area contributed by atoms with E-state index < -0.39 is 0 Å². The fraction of sp³-hybridized carbons (Fsp3) is 0.786. The number of nitrogens with one attached hydrogen (secondary N) is 1. The minimum atomic E-state index is 0.0692. The molecule has 1 aliphatic heterocycles. The van der Waals surface area contributed by atoms with Gasteiger partial charge in [0.1, 0.15) is 0 Å². The van der Waals surface area contributed by atoms with Crippen LogP contribution in [-0.4, -0.2) is 48.3 Å². The summed E-state index contributed by atoms with van der Waals surface area (Å²) in [5.74, 6) is 0. The van der Waals surface area contributed by atoms with Crippen LogP contribution in [0.3, 0.4) is 0 Å². The van der Waals surface area contributed by atoms with Crippen molar-refractivity contribution >= 4 is 11.6 Å². The molecule has 0 spiro atoms. The number of ether oxygens (including phenoxy) is 2. The number of hydrogen-bond acceptors (Lipinski definition) is 4. The van der Waals surface area contributed by atoms with Crippen molar-refractivity contribution in [3.05, 3.63) is 16.4 Å². The molecule has 0 aromatic carbocycles. The summed E-state index contributed by atoms with van der Waals surface area (Å²) in [6.45, 7) is 7.03. The van der Waals surface area contributed by atoms with Crippen molar-refractivity contribution in [3.8, 4) is 0 Å². The van der Waals surface area contributed by atoms with Gasteiger partial charge in [-0.15, -0.1) is 0 Å². The highest BCUT2D eigenvalue weighted by molar-refractivity contribution is 6.31. The number of rotatable bonds is 6. The lowest BCUT2D eigenvalue weighted by Gasteiger charge is -2.31. The van der Waals surface area contributed by atoms with Crippen LogP contribution in [0.4, 0.5) is 0 Å². The molecule has 114 valence electrons. The lowest BCUT2D eigenvalue weighted by molar-refractivity contribution is -0.101. The quantitative estimate of drug-likeness (QED) is 0.866. The Bertz CT molecular complexity index is 430. The predicted octanol–water partition coefficient (Wildman–Crippen LogP) is 1.57. The van der Waals surface area contributed by atoms with Crippen molar-refractivity contribution in [1.29, 1.82) is 0 Å². The molecule has 1 aromatic heterocycles. The highest BCUT2D eigenvalue weighted by atomic mass is 35.5. The first-order valence-electron chi connectivity index (χ1n) is 7.30. The first-order valence-corrected chi connectivity index (χ1v) is 7.68. The van der Waals surface area contributed by atoms with Gasteiger partial charge in [-0.05, 0) is 13.0 Å². The maximum absolute atomic E-state index is 6.43. The van der Waals surface area contributed by atoms with Crippen LogP contribution in [0.5, 0.6) is 0 Å². The van der Waals surface area contributed by atoms with Gasteiger partial charge in [-0.3, -0.25) is 4.68 Å². The topological polar surface area (TPSA) is 48.3 Å². The molecule has 2 atom stereocenters. The summed E-state index contributed by atoms with van der Waals surface area (Å²) in [7, 11) is 1.95. The van der Waals surface area contributed by atoms with Crippen LogP contribution in [0.2, 0.25) is 5.02 Å². The Balaban J connectivity index is 2.12. The molecule has 0 aliphatic carbocycles. The zero-order valence-corrected chi connectivity index (χ0v) is 13.2. The molecule has 1 fully saturated rings. The standard InChI is InChI=1S/C14H24ClN3O2/c1-4-10-14(15)12(18(3)17-10)8-11(16-5-2)13-9-19-6-7-20-13/h11,13,16H,4-9H2,1-3H3. The highest BCUT2D eigenvalue weighted by Crippen LogP contribution is 2.23. The van der Waals surface area contributed by atoms with E-state index in [1.807, 2.05) is 11.7 Å². The van der Waals surface area contributed by atoms with Crippen LogP contribution in [0, 0.1) is 0 Å². The van der Waals surface area contributed by atoms with Crippen molar-refractivity contribution in [2.24, 2.45) is 7.05 Å². The molecule has 0 saturated carbocycles. The van der Waals surface area contributed by atoms with Gasteiger partial charge in [0.15, 0.2) is 0 Å². The van der Waals surface area contributed by atoms with Crippen LogP contribution < -0.4 is 5.32 Å². The second kappa shape index (κ2) is 7.41. The third-order valence-electron chi connectivity index (χ3n) is 3.67. The summed E-state index contributed by atoms with van der Waals surface area (Å²) in [5.41, 5.74) is 2.02. The summed E-state index contributed by atoms with van der Waals surface area (Å²) in [6.07, 6.45) is 1.71. The molecule has 1 N–H and O–H groups in total. The summed E-state index contributed by atoms with van der Waals surface area (Å²) in [4.78, 5) is 0. The normalized spacial score (nSPS) is 21.1. The van der Waals surface area contributed by atoms with Crippen molar-refractivity contribution in [3.63, 3.8) is 0 Å². The SMILES string of the molecule is CCNC(Cc1c(Cl)c(CC)nn1C)C1COCCO1. The molecule has 1 aromatic rings. The zero-order chi connectivity index (χ0) is 14.5. The number of nitrogens with zero attached hydrogens (tertiary/aromatic N) is 2. The zero-order valence-electron chi connectivity index (χ0n) is 12.5. The van der Waals surface area contributed by atoms with E-state index in [0.717, 1.165) is 35.8 Å². The van der Waals surface area contributed by atoms with Gasteiger partial charge in [0, 0.05) is 19.5 Å². The second-order valence-corrected chi connectivity index (χ2v) is 5.41. The van der Waals surface area contributed by atoms with Gasteiger partial charge in [-0.25, -0.2) is 0 Å². The number of aromatic nitrogens is 2. The fourth-order valence-corrected chi connectivity index (χ4v) is 2.96. The van der Waals surface area contributed by atoms with Crippen molar-refractivity contribution < 1.29 is 9.47 Å². The Labute approximate surface area is 125 Å². The summed E-state index contributed by atoms with van der Waals surface area (Å²) < 4.78 is 13.2. The van der Waals surface area contributed by atoms with E-state index in [9.17, 15) is 0 Å². The van der Waals surface area contributed by atoms with Gasteiger partial charge < -0.3 is 14.8 Å². The molecule has 2 unspecified atom stereocenters. The highest BCUT2D eigenvalue weighted by Gasteiger charge is 2.27. The van der Waals surface area contributed by atoms with Gasteiger partial charge in [0.05, 0.1) is 42.3 Å². The molecule has 0 bridgehead atoms. The summed E-state index contributed by atoms with van der Waals surface area (Å²) in [6, 6.07) is 0.193. The molecule has 5 nitrogen and oxygen atoms in total. The molecule has 20 heavy (non-hydrogen) atoms. The van der Waals surface area contributed by atoms with E-state index in [1.165, 1.54) is 0 Å². The van der Waals surface area contributed by atoms with E-state index in [1.54, 1.807) is 0 Å². The smallest absolute Gasteiger partial charge is 0.0965 e. The molecule has 6 heteroatoms. The Kier molecular flexibility index (Phi) is 5.84. The van der Waals surface area contributed by atoms with E-state index in [0.29, 0.717) is 19.8 Å². The molecule has 0 radical (unpaired) electrons. The van der Waals surface area contributed by atoms with Gasteiger partial charge in [0.2, 0.25) is 0 Å². The molecule has 2 rings (SSSR count).